The van der Waals surface area contributed by atoms with Crippen LogP contribution in [-0.2, 0) is 4.79 Å². The van der Waals surface area contributed by atoms with Crippen LogP contribution < -0.4 is 10.2 Å². The molecule has 1 aliphatic rings. The molecule has 1 amide bonds. The lowest BCUT2D eigenvalue weighted by molar-refractivity contribution is -0.113. The summed E-state index contributed by atoms with van der Waals surface area (Å²) in [5, 5.41) is 3.77. The van der Waals surface area contributed by atoms with Crippen LogP contribution in [0.5, 0.6) is 0 Å². The first-order valence-corrected chi connectivity index (χ1v) is 8.25. The van der Waals surface area contributed by atoms with E-state index in [4.69, 9.17) is 11.6 Å². The minimum absolute atomic E-state index is 0.129. The van der Waals surface area contributed by atoms with Crippen LogP contribution in [0.15, 0.2) is 65.3 Å². The molecule has 5 heteroatoms. The van der Waals surface area contributed by atoms with E-state index in [1.807, 2.05) is 55.5 Å². The number of carbonyl (C=O) groups is 1. The molecule has 0 radical (unpaired) electrons. The summed E-state index contributed by atoms with van der Waals surface area (Å²) in [7, 11) is 0. The van der Waals surface area contributed by atoms with E-state index in [0.717, 1.165) is 17.7 Å². The van der Waals surface area contributed by atoms with Crippen molar-refractivity contribution in [2.24, 2.45) is 4.99 Å². The summed E-state index contributed by atoms with van der Waals surface area (Å²) >= 11 is 5.95. The van der Waals surface area contributed by atoms with Crippen LogP contribution in [-0.4, -0.2) is 18.4 Å². The van der Waals surface area contributed by atoms with Gasteiger partial charge in [-0.05, 0) is 42.3 Å². The van der Waals surface area contributed by atoms with Crippen LogP contribution in [0.2, 0.25) is 5.02 Å². The molecule has 0 unspecified atom stereocenters. The highest BCUT2D eigenvalue weighted by molar-refractivity contribution is 6.31. The maximum absolute atomic E-state index is 12.9. The molecule has 0 spiro atoms. The Bertz CT molecular complexity index is 782. The van der Waals surface area contributed by atoms with Crippen molar-refractivity contribution in [3.05, 3.63) is 70.9 Å². The third-order valence-electron chi connectivity index (χ3n) is 3.57. The first-order chi connectivity index (χ1) is 11.7. The molecule has 1 N–H and O–H groups in total. The average molecular weight is 340 g/mol. The Kier molecular flexibility index (Phi) is 4.96. The number of carbonyl (C=O) groups excluding carboxylic acids is 1. The summed E-state index contributed by atoms with van der Waals surface area (Å²) in [5.74, 6) is 0.419. The molecule has 4 nitrogen and oxygen atoms in total. The largest absolute Gasteiger partial charge is 0.321 e. The average Bonchev–Trinajstić information content (AvgIpc) is 2.90. The number of aliphatic imine (C=N–C) groups is 1. The molecule has 0 aliphatic carbocycles. The fraction of sp³-hybridized carbons (Fsp3) is 0.158. The third-order valence-corrected chi connectivity index (χ3v) is 3.82. The summed E-state index contributed by atoms with van der Waals surface area (Å²) in [6, 6.07) is 16.9. The maximum Gasteiger partial charge on any atom is 0.281 e. The highest BCUT2D eigenvalue weighted by Crippen LogP contribution is 2.24. The van der Waals surface area contributed by atoms with Gasteiger partial charge in [-0.2, -0.15) is 0 Å². The van der Waals surface area contributed by atoms with Gasteiger partial charge in [0.15, 0.2) is 0 Å². The Balaban J connectivity index is 1.97. The third kappa shape index (κ3) is 3.49. The van der Waals surface area contributed by atoms with Gasteiger partial charge in [-0.15, -0.1) is 0 Å². The van der Waals surface area contributed by atoms with Gasteiger partial charge < -0.3 is 5.32 Å². The van der Waals surface area contributed by atoms with Gasteiger partial charge in [0, 0.05) is 11.6 Å². The Labute approximate surface area is 146 Å². The minimum atomic E-state index is -0.129. The molecule has 0 bridgehead atoms. The van der Waals surface area contributed by atoms with Crippen molar-refractivity contribution in [3.8, 4) is 0 Å². The smallest absolute Gasteiger partial charge is 0.281 e. The first-order valence-electron chi connectivity index (χ1n) is 7.87. The molecule has 2 aromatic rings. The molecule has 122 valence electrons. The van der Waals surface area contributed by atoms with Gasteiger partial charge in [0.2, 0.25) is 5.96 Å². The van der Waals surface area contributed by atoms with Gasteiger partial charge in [-0.1, -0.05) is 48.9 Å². The van der Waals surface area contributed by atoms with Crippen LogP contribution in [0.1, 0.15) is 18.9 Å². The summed E-state index contributed by atoms with van der Waals surface area (Å²) in [6.07, 6.45) is 2.74. The minimum Gasteiger partial charge on any atom is -0.321 e. The Morgan fingerprint density at radius 2 is 1.83 bits per heavy atom. The lowest BCUT2D eigenvalue weighted by atomic mass is 10.2. The summed E-state index contributed by atoms with van der Waals surface area (Å²) in [4.78, 5) is 18.9. The number of nitrogens with zero attached hydrogens (tertiary/aromatic N) is 2. The first kappa shape index (κ1) is 16.3. The van der Waals surface area contributed by atoms with Crippen molar-refractivity contribution in [3.63, 3.8) is 0 Å². The fourth-order valence-electron chi connectivity index (χ4n) is 2.42. The molecule has 1 aliphatic heterocycles. The number of hydrogen-bond acceptors (Lipinski definition) is 2. The van der Waals surface area contributed by atoms with Gasteiger partial charge in [0.1, 0.15) is 5.70 Å². The number of anilines is 1. The standard InChI is InChI=1S/C19H18ClN3O/c1-2-12-21-19-22-17(13-14-6-4-3-5-7-14)18(24)23(19)16-10-8-15(20)9-11-16/h3-11,13H,2,12H2,1H3,(H,21,22)/b17-13-. The topological polar surface area (TPSA) is 44.7 Å². The highest BCUT2D eigenvalue weighted by Gasteiger charge is 2.33. The fourth-order valence-corrected chi connectivity index (χ4v) is 2.54. The number of nitrogens with one attached hydrogen (secondary N) is 1. The van der Waals surface area contributed by atoms with E-state index < -0.39 is 0 Å². The van der Waals surface area contributed by atoms with Crippen molar-refractivity contribution in [2.75, 3.05) is 11.4 Å². The van der Waals surface area contributed by atoms with Gasteiger partial charge in [-0.25, -0.2) is 4.90 Å². The van der Waals surface area contributed by atoms with Crippen LogP contribution in [0.4, 0.5) is 5.69 Å². The molecule has 0 saturated carbocycles. The monoisotopic (exact) mass is 339 g/mol. The van der Waals surface area contributed by atoms with E-state index in [-0.39, 0.29) is 5.91 Å². The van der Waals surface area contributed by atoms with Gasteiger partial charge in [-0.3, -0.25) is 9.79 Å². The predicted octanol–water partition coefficient (Wildman–Crippen LogP) is 4.08. The molecular formula is C19H18ClN3O. The van der Waals surface area contributed by atoms with Crippen LogP contribution in [0, 0.1) is 0 Å². The summed E-state index contributed by atoms with van der Waals surface area (Å²) in [5.41, 5.74) is 2.20. The molecule has 1 saturated heterocycles. The quantitative estimate of drug-likeness (QED) is 0.853. The summed E-state index contributed by atoms with van der Waals surface area (Å²) < 4.78 is 0. The molecule has 0 aromatic heterocycles. The molecular weight excluding hydrogens is 322 g/mol. The van der Waals surface area contributed by atoms with Crippen LogP contribution >= 0.6 is 11.6 Å². The SMILES string of the molecule is CCCN=C1N/C(=C\c2ccccc2)C(=O)N1c1ccc(Cl)cc1. The van der Waals surface area contributed by atoms with E-state index in [9.17, 15) is 4.79 Å². The number of benzene rings is 2. The molecule has 3 rings (SSSR count). The molecule has 24 heavy (non-hydrogen) atoms. The lowest BCUT2D eigenvalue weighted by Gasteiger charge is -2.15. The van der Waals surface area contributed by atoms with Crippen molar-refractivity contribution in [1.82, 2.24) is 5.32 Å². The number of amides is 1. The van der Waals surface area contributed by atoms with Gasteiger partial charge in [0.05, 0.1) is 5.69 Å². The van der Waals surface area contributed by atoms with Gasteiger partial charge in [0.25, 0.3) is 5.91 Å². The highest BCUT2D eigenvalue weighted by atomic mass is 35.5. The zero-order valence-corrected chi connectivity index (χ0v) is 14.1. The van der Waals surface area contributed by atoms with E-state index in [0.29, 0.717) is 23.2 Å². The lowest BCUT2D eigenvalue weighted by Crippen LogP contribution is -2.32. The normalized spacial score (nSPS) is 17.6. The summed E-state index contributed by atoms with van der Waals surface area (Å²) in [6.45, 7) is 2.70. The molecule has 2 aromatic carbocycles. The number of rotatable bonds is 4. The Morgan fingerprint density at radius 3 is 2.50 bits per heavy atom. The van der Waals surface area contributed by atoms with Crippen LogP contribution in [0.3, 0.4) is 0 Å². The Hall–Kier alpha value is -2.59. The number of halogens is 1. The second kappa shape index (κ2) is 7.32. The zero-order chi connectivity index (χ0) is 16.9. The molecule has 1 fully saturated rings. The van der Waals surface area contributed by atoms with Crippen molar-refractivity contribution >= 4 is 35.2 Å². The van der Waals surface area contributed by atoms with E-state index in [2.05, 4.69) is 10.3 Å². The molecule has 1 heterocycles. The predicted molar refractivity (Wildman–Crippen MR) is 99.1 cm³/mol. The van der Waals surface area contributed by atoms with Crippen molar-refractivity contribution < 1.29 is 4.79 Å². The second-order valence-electron chi connectivity index (χ2n) is 5.42. The van der Waals surface area contributed by atoms with E-state index in [1.54, 1.807) is 17.0 Å². The number of guanidine groups is 1. The van der Waals surface area contributed by atoms with Crippen molar-refractivity contribution in [2.45, 2.75) is 13.3 Å². The van der Waals surface area contributed by atoms with E-state index >= 15 is 0 Å². The van der Waals surface area contributed by atoms with Crippen molar-refractivity contribution in [1.29, 1.82) is 0 Å². The maximum atomic E-state index is 12.9. The molecule has 0 atom stereocenters. The van der Waals surface area contributed by atoms with Gasteiger partial charge >= 0.3 is 0 Å². The van der Waals surface area contributed by atoms with E-state index in [1.165, 1.54) is 0 Å². The number of hydrogen-bond donors (Lipinski definition) is 1. The van der Waals surface area contributed by atoms with Crippen LogP contribution in [0.25, 0.3) is 6.08 Å². The zero-order valence-electron chi connectivity index (χ0n) is 13.4. The second-order valence-corrected chi connectivity index (χ2v) is 5.85. The Morgan fingerprint density at radius 1 is 1.12 bits per heavy atom.